The molecule has 0 amide bonds. The normalized spacial score (nSPS) is 11.3. The molecule has 0 bridgehead atoms. The molecule has 2 nitrogen and oxygen atoms in total. The zero-order chi connectivity index (χ0) is 19.2. The van der Waals surface area contributed by atoms with Crippen LogP contribution in [0.25, 0.3) is 5.57 Å². The Labute approximate surface area is 155 Å². The minimum atomic E-state index is -0.426. The topological polar surface area (TPSA) is 34.1 Å². The first kappa shape index (κ1) is 18.4. The Hall–Kier alpha value is -3.40. The standard InChI is InChI=1S/C23H16F2O2/c24-20-10-6-17(7-11-20)22(26)14-19(16-4-2-1-3-5-16)15-23(27)18-8-12-21(25)13-9-18/h1-14H,15H2/b19-14+. The number of Topliss-reactive ketones (excluding diaryl/α,β-unsaturated/α-hetero) is 1. The minimum absolute atomic E-state index is 0.0113. The summed E-state index contributed by atoms with van der Waals surface area (Å²) in [7, 11) is 0. The molecular formula is C23H16F2O2. The SMILES string of the molecule is O=C(/C=C(\CC(=O)c1ccc(F)cc1)c1ccccc1)c1ccc(F)cc1. The van der Waals surface area contributed by atoms with Crippen molar-refractivity contribution in [2.45, 2.75) is 6.42 Å². The first-order chi connectivity index (χ1) is 13.0. The number of carbonyl (C=O) groups is 2. The number of allylic oxidation sites excluding steroid dienone is 2. The average Bonchev–Trinajstić information content (AvgIpc) is 2.69. The highest BCUT2D eigenvalue weighted by atomic mass is 19.1. The van der Waals surface area contributed by atoms with Crippen LogP contribution >= 0.6 is 0 Å². The summed E-state index contributed by atoms with van der Waals surface area (Å²) in [5, 5.41) is 0. The fourth-order valence-corrected chi connectivity index (χ4v) is 2.66. The van der Waals surface area contributed by atoms with Crippen LogP contribution in [0.5, 0.6) is 0 Å². The summed E-state index contributed by atoms with van der Waals surface area (Å²) in [6.07, 6.45) is 1.38. The largest absolute Gasteiger partial charge is 0.294 e. The van der Waals surface area contributed by atoms with Crippen molar-refractivity contribution < 1.29 is 18.4 Å². The number of rotatable bonds is 6. The first-order valence-corrected chi connectivity index (χ1v) is 8.37. The molecule has 0 heterocycles. The summed E-state index contributed by atoms with van der Waals surface area (Å²) in [4.78, 5) is 25.1. The van der Waals surface area contributed by atoms with E-state index in [9.17, 15) is 18.4 Å². The second-order valence-corrected chi connectivity index (χ2v) is 6.01. The second-order valence-electron chi connectivity index (χ2n) is 6.01. The molecule has 0 unspecified atom stereocenters. The molecule has 0 N–H and O–H groups in total. The molecule has 0 aliphatic rings. The summed E-state index contributed by atoms with van der Waals surface area (Å²) in [6.45, 7) is 0. The van der Waals surface area contributed by atoms with Crippen LogP contribution in [0.1, 0.15) is 32.7 Å². The Balaban J connectivity index is 1.91. The highest BCUT2D eigenvalue weighted by Gasteiger charge is 2.13. The summed E-state index contributed by atoms with van der Waals surface area (Å²) >= 11 is 0. The van der Waals surface area contributed by atoms with E-state index in [2.05, 4.69) is 0 Å². The molecule has 0 aromatic heterocycles. The summed E-state index contributed by atoms with van der Waals surface area (Å²) in [6, 6.07) is 19.6. The van der Waals surface area contributed by atoms with Crippen molar-refractivity contribution in [3.05, 3.63) is 113 Å². The van der Waals surface area contributed by atoms with Crippen LogP contribution in [0.2, 0.25) is 0 Å². The Bertz CT molecular complexity index is 973. The molecule has 0 saturated heterocycles. The number of benzene rings is 3. The lowest BCUT2D eigenvalue weighted by molar-refractivity contribution is 0.0998. The molecule has 0 spiro atoms. The molecule has 3 rings (SSSR count). The fraction of sp³-hybridized carbons (Fsp3) is 0.0435. The lowest BCUT2D eigenvalue weighted by Crippen LogP contribution is -2.03. The summed E-state index contributed by atoms with van der Waals surface area (Å²) in [5.41, 5.74) is 1.98. The van der Waals surface area contributed by atoms with Crippen LogP contribution < -0.4 is 0 Å². The van der Waals surface area contributed by atoms with Gasteiger partial charge in [0, 0.05) is 17.5 Å². The van der Waals surface area contributed by atoms with Gasteiger partial charge in [-0.2, -0.15) is 0 Å². The molecule has 3 aromatic rings. The van der Waals surface area contributed by atoms with Gasteiger partial charge in [-0.15, -0.1) is 0 Å². The Morgan fingerprint density at radius 1 is 0.667 bits per heavy atom. The van der Waals surface area contributed by atoms with Gasteiger partial charge in [-0.25, -0.2) is 8.78 Å². The molecule has 4 heteroatoms. The van der Waals surface area contributed by atoms with E-state index in [-0.39, 0.29) is 18.0 Å². The van der Waals surface area contributed by atoms with Gasteiger partial charge < -0.3 is 0 Å². The van der Waals surface area contributed by atoms with Crippen molar-refractivity contribution in [2.24, 2.45) is 0 Å². The number of hydrogen-bond donors (Lipinski definition) is 0. The maximum absolute atomic E-state index is 13.1. The van der Waals surface area contributed by atoms with Crippen LogP contribution in [0.15, 0.2) is 84.9 Å². The lowest BCUT2D eigenvalue weighted by Gasteiger charge is -2.08. The molecule has 134 valence electrons. The lowest BCUT2D eigenvalue weighted by atomic mass is 9.95. The molecule has 0 aliphatic heterocycles. The third-order valence-electron chi connectivity index (χ3n) is 4.10. The van der Waals surface area contributed by atoms with Gasteiger partial charge in [0.25, 0.3) is 0 Å². The smallest absolute Gasteiger partial charge is 0.186 e. The van der Waals surface area contributed by atoms with Crippen LogP contribution in [-0.2, 0) is 0 Å². The van der Waals surface area contributed by atoms with Gasteiger partial charge in [-0.05, 0) is 65.7 Å². The van der Waals surface area contributed by atoms with Crippen LogP contribution in [0.3, 0.4) is 0 Å². The molecular weight excluding hydrogens is 346 g/mol. The van der Waals surface area contributed by atoms with E-state index in [0.29, 0.717) is 16.7 Å². The van der Waals surface area contributed by atoms with E-state index in [1.165, 1.54) is 54.6 Å². The van der Waals surface area contributed by atoms with Gasteiger partial charge in [0.05, 0.1) is 0 Å². The number of ketones is 2. The van der Waals surface area contributed by atoms with Crippen molar-refractivity contribution >= 4 is 17.1 Å². The van der Waals surface area contributed by atoms with E-state index >= 15 is 0 Å². The molecule has 0 fully saturated rings. The van der Waals surface area contributed by atoms with Gasteiger partial charge in [-0.3, -0.25) is 9.59 Å². The Kier molecular flexibility index (Phi) is 5.67. The third kappa shape index (κ3) is 4.82. The maximum Gasteiger partial charge on any atom is 0.186 e. The number of hydrogen-bond acceptors (Lipinski definition) is 2. The van der Waals surface area contributed by atoms with Gasteiger partial charge in [0.1, 0.15) is 11.6 Å². The van der Waals surface area contributed by atoms with Crippen LogP contribution in [-0.4, -0.2) is 11.6 Å². The third-order valence-corrected chi connectivity index (χ3v) is 4.10. The Morgan fingerprint density at radius 2 is 1.19 bits per heavy atom. The van der Waals surface area contributed by atoms with Gasteiger partial charge in [-0.1, -0.05) is 30.3 Å². The molecule has 0 saturated carbocycles. The van der Waals surface area contributed by atoms with E-state index < -0.39 is 11.6 Å². The zero-order valence-corrected chi connectivity index (χ0v) is 14.4. The maximum atomic E-state index is 13.1. The molecule has 0 radical (unpaired) electrons. The highest BCUT2D eigenvalue weighted by Crippen LogP contribution is 2.22. The van der Waals surface area contributed by atoms with Crippen molar-refractivity contribution in [3.8, 4) is 0 Å². The molecule has 0 atom stereocenters. The van der Waals surface area contributed by atoms with Crippen molar-refractivity contribution in [2.75, 3.05) is 0 Å². The molecule has 27 heavy (non-hydrogen) atoms. The van der Waals surface area contributed by atoms with E-state index in [1.807, 2.05) is 30.3 Å². The predicted molar refractivity (Wildman–Crippen MR) is 100 cm³/mol. The van der Waals surface area contributed by atoms with E-state index in [0.717, 1.165) is 5.56 Å². The van der Waals surface area contributed by atoms with Crippen LogP contribution in [0, 0.1) is 11.6 Å². The van der Waals surface area contributed by atoms with E-state index in [4.69, 9.17) is 0 Å². The van der Waals surface area contributed by atoms with Crippen molar-refractivity contribution in [3.63, 3.8) is 0 Å². The van der Waals surface area contributed by atoms with E-state index in [1.54, 1.807) is 0 Å². The fourth-order valence-electron chi connectivity index (χ4n) is 2.66. The minimum Gasteiger partial charge on any atom is -0.294 e. The predicted octanol–water partition coefficient (Wildman–Crippen LogP) is 5.50. The summed E-state index contributed by atoms with van der Waals surface area (Å²) in [5.74, 6) is -1.39. The van der Waals surface area contributed by atoms with Gasteiger partial charge >= 0.3 is 0 Å². The Morgan fingerprint density at radius 3 is 1.74 bits per heavy atom. The zero-order valence-electron chi connectivity index (χ0n) is 14.4. The quantitative estimate of drug-likeness (QED) is 0.428. The summed E-state index contributed by atoms with van der Waals surface area (Å²) < 4.78 is 26.1. The monoisotopic (exact) mass is 362 g/mol. The van der Waals surface area contributed by atoms with Gasteiger partial charge in [0.2, 0.25) is 0 Å². The van der Waals surface area contributed by atoms with Crippen LogP contribution in [0.4, 0.5) is 8.78 Å². The van der Waals surface area contributed by atoms with Crippen molar-refractivity contribution in [1.82, 2.24) is 0 Å². The number of halogens is 2. The number of carbonyl (C=O) groups excluding carboxylic acids is 2. The second kappa shape index (κ2) is 8.32. The average molecular weight is 362 g/mol. The first-order valence-electron chi connectivity index (χ1n) is 8.37. The molecule has 3 aromatic carbocycles. The molecule has 0 aliphatic carbocycles. The highest BCUT2D eigenvalue weighted by molar-refractivity contribution is 6.11. The van der Waals surface area contributed by atoms with Gasteiger partial charge in [0.15, 0.2) is 11.6 Å². The van der Waals surface area contributed by atoms with Crippen molar-refractivity contribution in [1.29, 1.82) is 0 Å².